The van der Waals surface area contributed by atoms with Crippen LogP contribution in [0.2, 0.25) is 0 Å². The molecular weight excluding hydrogens is 382 g/mol. The zero-order valence-corrected chi connectivity index (χ0v) is 17.7. The number of rotatable bonds is 9. The van der Waals surface area contributed by atoms with Crippen molar-refractivity contribution in [2.24, 2.45) is 5.92 Å². The standard InChI is InChI=1S/C23H27N3O4/c1-16(2)14-26-21(10-11-24-26)25-23(27)18-12-19(28-3)22(20(13-18)29-4)30-15-17-8-6-5-7-9-17/h5-13,16H,14-15H2,1-4H3,(H,25,27). The Balaban J connectivity index is 1.82. The lowest BCUT2D eigenvalue weighted by Crippen LogP contribution is -2.17. The Morgan fingerprint density at radius 1 is 1.07 bits per heavy atom. The Bertz CT molecular complexity index is 958. The van der Waals surface area contributed by atoms with Gasteiger partial charge in [-0.2, -0.15) is 5.10 Å². The van der Waals surface area contributed by atoms with E-state index < -0.39 is 0 Å². The number of benzene rings is 2. The lowest BCUT2D eigenvalue weighted by Gasteiger charge is -2.16. The molecule has 0 bridgehead atoms. The van der Waals surface area contributed by atoms with E-state index in [9.17, 15) is 4.79 Å². The van der Waals surface area contributed by atoms with Crippen LogP contribution in [-0.2, 0) is 13.2 Å². The average Bonchev–Trinajstić information content (AvgIpc) is 3.17. The Morgan fingerprint density at radius 3 is 2.33 bits per heavy atom. The molecule has 0 saturated carbocycles. The normalized spacial score (nSPS) is 10.7. The van der Waals surface area contributed by atoms with Gasteiger partial charge in [0.1, 0.15) is 12.4 Å². The van der Waals surface area contributed by atoms with E-state index >= 15 is 0 Å². The number of carbonyl (C=O) groups is 1. The van der Waals surface area contributed by atoms with Crippen LogP contribution in [0.4, 0.5) is 5.82 Å². The summed E-state index contributed by atoms with van der Waals surface area (Å²) in [5, 5.41) is 7.17. The summed E-state index contributed by atoms with van der Waals surface area (Å²) in [6.45, 7) is 5.25. The van der Waals surface area contributed by atoms with E-state index in [-0.39, 0.29) is 5.91 Å². The molecule has 1 amide bonds. The molecule has 0 atom stereocenters. The molecule has 3 aromatic rings. The second-order valence-electron chi connectivity index (χ2n) is 7.23. The number of nitrogens with one attached hydrogen (secondary N) is 1. The first-order valence-electron chi connectivity index (χ1n) is 9.77. The minimum absolute atomic E-state index is 0.285. The molecule has 0 unspecified atom stereocenters. The minimum Gasteiger partial charge on any atom is -0.493 e. The van der Waals surface area contributed by atoms with E-state index in [4.69, 9.17) is 14.2 Å². The fourth-order valence-corrected chi connectivity index (χ4v) is 3.00. The number of aromatic nitrogens is 2. The van der Waals surface area contributed by atoms with E-state index in [2.05, 4.69) is 24.3 Å². The summed E-state index contributed by atoms with van der Waals surface area (Å²) in [7, 11) is 3.06. The lowest BCUT2D eigenvalue weighted by molar-refractivity contribution is 0.102. The second-order valence-corrected chi connectivity index (χ2v) is 7.23. The summed E-state index contributed by atoms with van der Waals surface area (Å²) >= 11 is 0. The van der Waals surface area contributed by atoms with Crippen LogP contribution in [0.3, 0.4) is 0 Å². The topological polar surface area (TPSA) is 74.6 Å². The van der Waals surface area contributed by atoms with Gasteiger partial charge in [0.2, 0.25) is 5.75 Å². The van der Waals surface area contributed by atoms with E-state index in [1.54, 1.807) is 29.1 Å². The maximum absolute atomic E-state index is 12.9. The first-order valence-corrected chi connectivity index (χ1v) is 9.77. The van der Waals surface area contributed by atoms with Crippen molar-refractivity contribution in [3.8, 4) is 17.2 Å². The molecule has 0 aliphatic carbocycles. The molecule has 0 aliphatic rings. The van der Waals surface area contributed by atoms with Gasteiger partial charge in [0.25, 0.3) is 5.91 Å². The van der Waals surface area contributed by atoms with Gasteiger partial charge in [-0.05, 0) is 23.6 Å². The molecule has 30 heavy (non-hydrogen) atoms. The molecule has 1 aromatic heterocycles. The van der Waals surface area contributed by atoms with E-state index in [1.807, 2.05) is 30.3 Å². The van der Waals surface area contributed by atoms with E-state index in [0.29, 0.717) is 47.7 Å². The van der Waals surface area contributed by atoms with Crippen molar-refractivity contribution in [2.45, 2.75) is 27.0 Å². The van der Waals surface area contributed by atoms with Crippen molar-refractivity contribution in [3.63, 3.8) is 0 Å². The second kappa shape index (κ2) is 9.82. The molecule has 7 heteroatoms. The van der Waals surface area contributed by atoms with Gasteiger partial charge in [-0.15, -0.1) is 0 Å². The zero-order chi connectivity index (χ0) is 21.5. The van der Waals surface area contributed by atoms with Gasteiger partial charge in [0.05, 0.1) is 20.4 Å². The molecule has 0 fully saturated rings. The van der Waals surface area contributed by atoms with Crippen molar-refractivity contribution >= 4 is 11.7 Å². The Morgan fingerprint density at radius 2 is 1.73 bits per heavy atom. The van der Waals surface area contributed by atoms with Gasteiger partial charge < -0.3 is 19.5 Å². The number of anilines is 1. The molecular formula is C23H27N3O4. The van der Waals surface area contributed by atoms with Crippen LogP contribution in [0.1, 0.15) is 29.8 Å². The van der Waals surface area contributed by atoms with Gasteiger partial charge in [0.15, 0.2) is 11.5 Å². The van der Waals surface area contributed by atoms with Crippen molar-refractivity contribution in [2.75, 3.05) is 19.5 Å². The van der Waals surface area contributed by atoms with Crippen LogP contribution < -0.4 is 19.5 Å². The zero-order valence-electron chi connectivity index (χ0n) is 17.7. The predicted molar refractivity (Wildman–Crippen MR) is 115 cm³/mol. The molecule has 158 valence electrons. The highest BCUT2D eigenvalue weighted by Crippen LogP contribution is 2.39. The summed E-state index contributed by atoms with van der Waals surface area (Å²) in [4.78, 5) is 12.9. The highest BCUT2D eigenvalue weighted by molar-refractivity contribution is 6.04. The fraction of sp³-hybridized carbons (Fsp3) is 0.304. The van der Waals surface area contributed by atoms with Crippen molar-refractivity contribution in [1.82, 2.24) is 9.78 Å². The minimum atomic E-state index is -0.285. The fourth-order valence-electron chi connectivity index (χ4n) is 3.00. The number of hydrogen-bond donors (Lipinski definition) is 1. The molecule has 0 saturated heterocycles. The van der Waals surface area contributed by atoms with Gasteiger partial charge in [-0.25, -0.2) is 4.68 Å². The van der Waals surface area contributed by atoms with Crippen molar-refractivity contribution < 1.29 is 19.0 Å². The lowest BCUT2D eigenvalue weighted by atomic mass is 10.1. The predicted octanol–water partition coefficient (Wildman–Crippen LogP) is 4.39. The van der Waals surface area contributed by atoms with Crippen LogP contribution in [0.5, 0.6) is 17.2 Å². The molecule has 7 nitrogen and oxygen atoms in total. The maximum Gasteiger partial charge on any atom is 0.257 e. The summed E-state index contributed by atoms with van der Waals surface area (Å²) in [5.41, 5.74) is 1.41. The third-order valence-corrected chi connectivity index (χ3v) is 4.45. The first-order chi connectivity index (χ1) is 14.5. The van der Waals surface area contributed by atoms with Crippen LogP contribution in [0.25, 0.3) is 0 Å². The summed E-state index contributed by atoms with van der Waals surface area (Å²) in [5.74, 6) is 2.05. The number of nitrogens with zero attached hydrogens (tertiary/aromatic N) is 2. The third-order valence-electron chi connectivity index (χ3n) is 4.45. The van der Waals surface area contributed by atoms with Gasteiger partial charge >= 0.3 is 0 Å². The third kappa shape index (κ3) is 5.11. The number of carbonyl (C=O) groups excluding carboxylic acids is 1. The van der Waals surface area contributed by atoms with Crippen molar-refractivity contribution in [1.29, 1.82) is 0 Å². The van der Waals surface area contributed by atoms with Gasteiger partial charge in [0, 0.05) is 18.2 Å². The molecule has 2 aromatic carbocycles. The van der Waals surface area contributed by atoms with Crippen LogP contribution in [0, 0.1) is 5.92 Å². The Labute approximate surface area is 176 Å². The van der Waals surface area contributed by atoms with Gasteiger partial charge in [-0.1, -0.05) is 44.2 Å². The Hall–Kier alpha value is -3.48. The van der Waals surface area contributed by atoms with Crippen LogP contribution >= 0.6 is 0 Å². The summed E-state index contributed by atoms with van der Waals surface area (Å²) in [6.07, 6.45) is 1.67. The highest BCUT2D eigenvalue weighted by atomic mass is 16.5. The summed E-state index contributed by atoms with van der Waals surface area (Å²) < 4.78 is 18.7. The molecule has 1 heterocycles. The first kappa shape index (κ1) is 21.2. The number of hydrogen-bond acceptors (Lipinski definition) is 5. The molecule has 3 rings (SSSR count). The maximum atomic E-state index is 12.9. The summed E-state index contributed by atoms with van der Waals surface area (Å²) in [6, 6.07) is 14.8. The SMILES string of the molecule is COc1cc(C(=O)Nc2ccnn2CC(C)C)cc(OC)c1OCc1ccccc1. The smallest absolute Gasteiger partial charge is 0.257 e. The number of amides is 1. The largest absolute Gasteiger partial charge is 0.493 e. The monoisotopic (exact) mass is 409 g/mol. The van der Waals surface area contributed by atoms with E-state index in [0.717, 1.165) is 5.56 Å². The quantitative estimate of drug-likeness (QED) is 0.567. The highest BCUT2D eigenvalue weighted by Gasteiger charge is 2.19. The van der Waals surface area contributed by atoms with Crippen molar-refractivity contribution in [3.05, 3.63) is 65.9 Å². The number of ether oxygens (including phenoxy) is 3. The van der Waals surface area contributed by atoms with Gasteiger partial charge in [-0.3, -0.25) is 4.79 Å². The Kier molecular flexibility index (Phi) is 6.95. The molecule has 1 N–H and O–H groups in total. The molecule has 0 radical (unpaired) electrons. The molecule has 0 aliphatic heterocycles. The molecule has 0 spiro atoms. The van der Waals surface area contributed by atoms with E-state index in [1.165, 1.54) is 14.2 Å². The van der Waals surface area contributed by atoms with Crippen LogP contribution in [0.15, 0.2) is 54.7 Å². The van der Waals surface area contributed by atoms with Crippen LogP contribution in [-0.4, -0.2) is 29.9 Å². The number of methoxy groups -OCH3 is 2. The average molecular weight is 409 g/mol.